The van der Waals surface area contributed by atoms with Crippen LogP contribution in [0.3, 0.4) is 0 Å². The Kier molecular flexibility index (Phi) is 10.8. The number of nitrogens with zero attached hydrogens (tertiary/aromatic N) is 2. The van der Waals surface area contributed by atoms with Crippen molar-refractivity contribution in [2.24, 2.45) is 5.92 Å². The first-order valence-electron chi connectivity index (χ1n) is 12.0. The summed E-state index contributed by atoms with van der Waals surface area (Å²) >= 11 is 0. The zero-order valence-corrected chi connectivity index (χ0v) is 20.3. The first-order chi connectivity index (χ1) is 16.0. The number of aromatic nitrogens is 1. The minimum Gasteiger partial charge on any atom is -0.361 e. The van der Waals surface area contributed by atoms with Gasteiger partial charge in [-0.05, 0) is 64.0 Å². The van der Waals surface area contributed by atoms with E-state index in [0.29, 0.717) is 18.5 Å². The average molecular weight is 470 g/mol. The molecule has 3 atom stereocenters. The summed E-state index contributed by atoms with van der Waals surface area (Å²) in [6.07, 6.45) is 8.29. The van der Waals surface area contributed by atoms with Gasteiger partial charge in [-0.15, -0.1) is 6.58 Å². The standard InChI is InChI=1S/C18H20N2O.C8H19N3O.CH4/c1-2-6-20-10-12(11-21)7-15-14-4-3-5-16-18(14)13(9-19-16)8-17(15)20;1-4-9-8(12)10-6-5-7-11(2)3;/h2-5,9,11-12,15,17,19H,1,6-8,10H2;4-7H2,1-3H3,(H2,9,10,12);1H4. The summed E-state index contributed by atoms with van der Waals surface area (Å²) < 4.78 is 0. The number of carbonyl (C=O) groups is 2. The largest absolute Gasteiger partial charge is 0.361 e. The lowest BCUT2D eigenvalue weighted by Crippen LogP contribution is -2.50. The van der Waals surface area contributed by atoms with E-state index in [1.165, 1.54) is 22.0 Å². The quantitative estimate of drug-likeness (QED) is 0.312. The number of benzene rings is 1. The van der Waals surface area contributed by atoms with E-state index in [4.69, 9.17) is 0 Å². The predicted molar refractivity (Wildman–Crippen MR) is 141 cm³/mol. The predicted octanol–water partition coefficient (Wildman–Crippen LogP) is 3.78. The molecule has 7 heteroatoms. The van der Waals surface area contributed by atoms with Crippen LogP contribution < -0.4 is 10.6 Å². The van der Waals surface area contributed by atoms with Gasteiger partial charge >= 0.3 is 6.03 Å². The summed E-state index contributed by atoms with van der Waals surface area (Å²) in [4.78, 5) is 30.1. The first kappa shape index (κ1) is 27.6. The smallest absolute Gasteiger partial charge is 0.314 e. The number of H-pyrrole nitrogens is 1. The molecule has 0 radical (unpaired) electrons. The van der Waals surface area contributed by atoms with Gasteiger partial charge in [0, 0.05) is 61.2 Å². The minimum atomic E-state index is -0.0729. The van der Waals surface area contributed by atoms with Crippen LogP contribution >= 0.6 is 0 Å². The van der Waals surface area contributed by atoms with Gasteiger partial charge in [-0.2, -0.15) is 0 Å². The molecule has 1 saturated heterocycles. The van der Waals surface area contributed by atoms with Crippen molar-refractivity contribution in [2.75, 3.05) is 46.8 Å². The molecule has 1 aliphatic heterocycles. The maximum atomic E-state index is 11.4. The number of fused-ring (bicyclic) bond motifs is 2. The molecule has 2 aliphatic rings. The molecule has 188 valence electrons. The Labute approximate surface area is 205 Å². The van der Waals surface area contributed by atoms with Crippen LogP contribution in [0.2, 0.25) is 0 Å². The molecule has 1 aliphatic carbocycles. The van der Waals surface area contributed by atoms with Crippen molar-refractivity contribution in [2.45, 2.75) is 45.6 Å². The van der Waals surface area contributed by atoms with E-state index < -0.39 is 0 Å². The third kappa shape index (κ3) is 6.70. The number of aldehydes is 1. The molecule has 3 unspecified atom stereocenters. The van der Waals surface area contributed by atoms with Gasteiger partial charge in [0.05, 0.1) is 0 Å². The van der Waals surface area contributed by atoms with E-state index >= 15 is 0 Å². The SMILES string of the molecule is C.C=CCN1CC(C=O)CC2c3cccc4[nH]cc(c34)CC21.CCNC(=O)NCCCN(C)C. The zero-order valence-electron chi connectivity index (χ0n) is 20.3. The normalized spacial score (nSPS) is 21.0. The lowest BCUT2D eigenvalue weighted by molar-refractivity contribution is -0.113. The van der Waals surface area contributed by atoms with Gasteiger partial charge in [0.25, 0.3) is 0 Å². The molecule has 1 aromatic heterocycles. The van der Waals surface area contributed by atoms with Crippen LogP contribution in [0.5, 0.6) is 0 Å². The number of amides is 2. The Balaban J connectivity index is 0.000000274. The fourth-order valence-electron chi connectivity index (χ4n) is 5.13. The van der Waals surface area contributed by atoms with Crippen LogP contribution in [0.4, 0.5) is 4.79 Å². The van der Waals surface area contributed by atoms with E-state index in [1.54, 1.807) is 0 Å². The van der Waals surface area contributed by atoms with Crippen molar-refractivity contribution in [1.82, 2.24) is 25.4 Å². The maximum absolute atomic E-state index is 11.4. The fourth-order valence-corrected chi connectivity index (χ4v) is 5.13. The molecule has 2 heterocycles. The summed E-state index contributed by atoms with van der Waals surface area (Å²) in [5.74, 6) is 0.600. The van der Waals surface area contributed by atoms with Crippen LogP contribution in [0.15, 0.2) is 37.1 Å². The number of rotatable bonds is 8. The number of carbonyl (C=O) groups excluding carboxylic acids is 2. The molecule has 2 aromatic rings. The fraction of sp³-hybridized carbons (Fsp3) is 0.556. The van der Waals surface area contributed by atoms with Crippen molar-refractivity contribution in [3.05, 3.63) is 48.2 Å². The van der Waals surface area contributed by atoms with Crippen LogP contribution in [-0.4, -0.2) is 80.0 Å². The number of aromatic amines is 1. The molecule has 1 aromatic carbocycles. The van der Waals surface area contributed by atoms with E-state index in [9.17, 15) is 9.59 Å². The molecule has 0 saturated carbocycles. The topological polar surface area (TPSA) is 80.5 Å². The van der Waals surface area contributed by atoms with E-state index in [1.807, 2.05) is 27.1 Å². The van der Waals surface area contributed by atoms with E-state index in [2.05, 4.69) is 56.4 Å². The summed E-state index contributed by atoms with van der Waals surface area (Å²) in [5, 5.41) is 6.82. The highest BCUT2D eigenvalue weighted by Crippen LogP contribution is 2.44. The van der Waals surface area contributed by atoms with Gasteiger partial charge < -0.3 is 25.3 Å². The Morgan fingerprint density at radius 3 is 2.79 bits per heavy atom. The van der Waals surface area contributed by atoms with Crippen LogP contribution in [0, 0.1) is 5.92 Å². The monoisotopic (exact) mass is 469 g/mol. The third-order valence-corrected chi connectivity index (χ3v) is 6.57. The van der Waals surface area contributed by atoms with Gasteiger partial charge in [0.15, 0.2) is 0 Å². The van der Waals surface area contributed by atoms with E-state index in [-0.39, 0.29) is 19.4 Å². The summed E-state index contributed by atoms with van der Waals surface area (Å²) in [6.45, 7) is 9.94. The first-order valence-corrected chi connectivity index (χ1v) is 12.0. The van der Waals surface area contributed by atoms with Gasteiger partial charge in [0.2, 0.25) is 0 Å². The molecule has 4 rings (SSSR count). The van der Waals surface area contributed by atoms with Crippen LogP contribution in [0.25, 0.3) is 10.9 Å². The number of piperidine rings is 1. The molecule has 34 heavy (non-hydrogen) atoms. The lowest BCUT2D eigenvalue weighted by Gasteiger charge is -2.45. The molecular weight excluding hydrogens is 426 g/mol. The molecule has 7 nitrogen and oxygen atoms in total. The van der Waals surface area contributed by atoms with Gasteiger partial charge in [-0.1, -0.05) is 25.6 Å². The molecule has 3 N–H and O–H groups in total. The Morgan fingerprint density at radius 2 is 2.12 bits per heavy atom. The van der Waals surface area contributed by atoms with Gasteiger partial charge in [-0.25, -0.2) is 4.79 Å². The van der Waals surface area contributed by atoms with Crippen molar-refractivity contribution in [3.8, 4) is 0 Å². The second-order valence-corrected chi connectivity index (χ2v) is 9.28. The number of nitrogens with one attached hydrogen (secondary N) is 3. The second kappa shape index (κ2) is 13.3. The van der Waals surface area contributed by atoms with Crippen LogP contribution in [0.1, 0.15) is 44.2 Å². The summed E-state index contributed by atoms with van der Waals surface area (Å²) in [5.41, 5.74) is 4.06. The van der Waals surface area contributed by atoms with Crippen LogP contribution in [-0.2, 0) is 11.2 Å². The van der Waals surface area contributed by atoms with Crippen molar-refractivity contribution in [3.63, 3.8) is 0 Å². The maximum Gasteiger partial charge on any atom is 0.314 e. The highest BCUT2D eigenvalue weighted by molar-refractivity contribution is 5.88. The Hall–Kier alpha value is -2.64. The Bertz CT molecular complexity index is 938. The van der Waals surface area contributed by atoms with Gasteiger partial charge in [-0.3, -0.25) is 4.90 Å². The van der Waals surface area contributed by atoms with Crippen molar-refractivity contribution < 1.29 is 9.59 Å². The minimum absolute atomic E-state index is 0. The Morgan fingerprint density at radius 1 is 1.32 bits per heavy atom. The zero-order chi connectivity index (χ0) is 23.8. The molecule has 2 amide bonds. The second-order valence-electron chi connectivity index (χ2n) is 9.28. The van der Waals surface area contributed by atoms with E-state index in [0.717, 1.165) is 51.7 Å². The highest BCUT2D eigenvalue weighted by Gasteiger charge is 2.40. The third-order valence-electron chi connectivity index (χ3n) is 6.57. The number of hydrogen-bond donors (Lipinski definition) is 3. The average Bonchev–Trinajstić information content (AvgIpc) is 3.22. The van der Waals surface area contributed by atoms with Gasteiger partial charge in [0.1, 0.15) is 6.29 Å². The van der Waals surface area contributed by atoms with Crippen molar-refractivity contribution >= 4 is 23.2 Å². The molecule has 1 fully saturated rings. The number of hydrogen-bond acceptors (Lipinski definition) is 4. The number of urea groups is 1. The number of likely N-dealkylation sites (tertiary alicyclic amines) is 1. The summed E-state index contributed by atoms with van der Waals surface area (Å²) in [6, 6.07) is 6.94. The van der Waals surface area contributed by atoms with Crippen molar-refractivity contribution in [1.29, 1.82) is 0 Å². The lowest BCUT2D eigenvalue weighted by atomic mass is 9.72. The molecular formula is C27H43N5O2. The summed E-state index contributed by atoms with van der Waals surface area (Å²) in [7, 11) is 4.04. The highest BCUT2D eigenvalue weighted by atomic mass is 16.2. The molecule has 0 bridgehead atoms. The molecule has 0 spiro atoms.